The van der Waals surface area contributed by atoms with E-state index >= 15 is 0 Å². The highest BCUT2D eigenvalue weighted by atomic mass is 35.5. The number of likely N-dealkylation sites (N-methyl/N-ethyl adjacent to an activating group) is 1. The first kappa shape index (κ1) is 16.0. The minimum absolute atomic E-state index is 0.201. The van der Waals surface area contributed by atoms with Crippen LogP contribution in [0.5, 0.6) is 0 Å². The van der Waals surface area contributed by atoms with E-state index in [0.29, 0.717) is 0 Å². The summed E-state index contributed by atoms with van der Waals surface area (Å²) in [7, 11) is 0. The van der Waals surface area contributed by atoms with E-state index in [-0.39, 0.29) is 6.04 Å². The van der Waals surface area contributed by atoms with E-state index < -0.39 is 0 Å². The van der Waals surface area contributed by atoms with Crippen LogP contribution < -0.4 is 5.32 Å². The predicted octanol–water partition coefficient (Wildman–Crippen LogP) is 3.54. The van der Waals surface area contributed by atoms with Crippen LogP contribution in [-0.2, 0) is 13.0 Å². The highest BCUT2D eigenvalue weighted by molar-refractivity contribution is 6.30. The molecule has 114 valence electrons. The molecule has 0 aliphatic heterocycles. The fourth-order valence-corrected chi connectivity index (χ4v) is 2.85. The molecule has 1 aromatic heterocycles. The number of nitrogens with zero attached hydrogens (tertiary/aromatic N) is 3. The molecule has 0 bridgehead atoms. The maximum absolute atomic E-state index is 6.20. The lowest BCUT2D eigenvalue weighted by molar-refractivity contribution is 0.498. The molecule has 1 heterocycles. The van der Waals surface area contributed by atoms with E-state index in [4.69, 9.17) is 11.6 Å². The second-order valence-corrected chi connectivity index (χ2v) is 5.71. The predicted molar refractivity (Wildman–Crippen MR) is 86.6 cm³/mol. The van der Waals surface area contributed by atoms with Gasteiger partial charge >= 0.3 is 0 Å². The normalized spacial score (nSPS) is 12.6. The molecule has 4 nitrogen and oxygen atoms in total. The van der Waals surface area contributed by atoms with Crippen molar-refractivity contribution in [2.75, 3.05) is 6.54 Å². The van der Waals surface area contributed by atoms with Crippen LogP contribution >= 0.6 is 11.6 Å². The van der Waals surface area contributed by atoms with Gasteiger partial charge in [-0.25, -0.2) is 4.98 Å². The molecule has 1 atom stereocenters. The molecule has 0 amide bonds. The highest BCUT2D eigenvalue weighted by Gasteiger charge is 2.16. The fourth-order valence-electron chi connectivity index (χ4n) is 2.55. The van der Waals surface area contributed by atoms with Crippen molar-refractivity contribution < 1.29 is 0 Å². The zero-order valence-corrected chi connectivity index (χ0v) is 13.7. The molecule has 2 rings (SSSR count). The van der Waals surface area contributed by atoms with Crippen molar-refractivity contribution in [1.29, 1.82) is 0 Å². The molecule has 5 heteroatoms. The Morgan fingerprint density at radius 2 is 2.10 bits per heavy atom. The third-order valence-electron chi connectivity index (χ3n) is 3.44. The number of benzene rings is 1. The Bertz CT molecular complexity index is 559. The second kappa shape index (κ2) is 7.57. The van der Waals surface area contributed by atoms with Crippen molar-refractivity contribution >= 4 is 11.6 Å². The molecular formula is C16H23ClN4. The first-order valence-electron chi connectivity index (χ1n) is 7.51. The number of rotatable bonds is 7. The maximum Gasteiger partial charge on any atom is 0.138 e. The molecule has 0 aliphatic rings. The summed E-state index contributed by atoms with van der Waals surface area (Å²) >= 11 is 6.20. The van der Waals surface area contributed by atoms with E-state index in [1.807, 2.05) is 16.8 Å². The van der Waals surface area contributed by atoms with E-state index in [0.717, 1.165) is 36.8 Å². The largest absolute Gasteiger partial charge is 0.310 e. The van der Waals surface area contributed by atoms with Gasteiger partial charge in [-0.3, -0.25) is 4.68 Å². The third-order valence-corrected chi connectivity index (χ3v) is 3.65. The summed E-state index contributed by atoms with van der Waals surface area (Å²) in [5, 5.41) is 8.60. The molecule has 0 saturated carbocycles. The Balaban J connectivity index is 2.24. The highest BCUT2D eigenvalue weighted by Crippen LogP contribution is 2.23. The van der Waals surface area contributed by atoms with Crippen LogP contribution in [0.15, 0.2) is 24.5 Å². The molecule has 1 aromatic carbocycles. The summed E-state index contributed by atoms with van der Waals surface area (Å²) in [5.41, 5.74) is 2.38. The van der Waals surface area contributed by atoms with Crippen molar-refractivity contribution in [3.05, 3.63) is 46.5 Å². The number of hydrogen-bond acceptors (Lipinski definition) is 3. The molecule has 0 saturated heterocycles. The summed E-state index contributed by atoms with van der Waals surface area (Å²) in [5.74, 6) is 1.01. The van der Waals surface area contributed by atoms with Crippen molar-refractivity contribution in [3.8, 4) is 0 Å². The Kier molecular flexibility index (Phi) is 5.76. The van der Waals surface area contributed by atoms with Gasteiger partial charge in [-0.2, -0.15) is 5.10 Å². The first-order valence-corrected chi connectivity index (χ1v) is 7.89. The van der Waals surface area contributed by atoms with Gasteiger partial charge in [-0.15, -0.1) is 0 Å². The van der Waals surface area contributed by atoms with E-state index in [1.54, 1.807) is 6.33 Å². The van der Waals surface area contributed by atoms with Gasteiger partial charge in [0.2, 0.25) is 0 Å². The summed E-state index contributed by atoms with van der Waals surface area (Å²) in [6.45, 7) is 8.13. The first-order chi connectivity index (χ1) is 10.1. The van der Waals surface area contributed by atoms with Gasteiger partial charge in [-0.1, -0.05) is 31.5 Å². The van der Waals surface area contributed by atoms with Gasteiger partial charge in [0.1, 0.15) is 12.2 Å². The molecule has 0 radical (unpaired) electrons. The molecule has 21 heavy (non-hydrogen) atoms. The fraction of sp³-hybridized carbons (Fsp3) is 0.500. The van der Waals surface area contributed by atoms with Crippen LogP contribution in [0.2, 0.25) is 5.02 Å². The lowest BCUT2D eigenvalue weighted by atomic mass is 10.0. The lowest BCUT2D eigenvalue weighted by Gasteiger charge is -2.19. The summed E-state index contributed by atoms with van der Waals surface area (Å²) in [4.78, 5) is 4.41. The van der Waals surface area contributed by atoms with Gasteiger partial charge in [0.25, 0.3) is 0 Å². The Morgan fingerprint density at radius 3 is 2.76 bits per heavy atom. The smallest absolute Gasteiger partial charge is 0.138 e. The molecule has 1 unspecified atom stereocenters. The van der Waals surface area contributed by atoms with Crippen LogP contribution in [-0.4, -0.2) is 21.3 Å². The minimum atomic E-state index is 0.201. The number of nitrogens with one attached hydrogen (secondary N) is 1. The Hall–Kier alpha value is -1.39. The average molecular weight is 307 g/mol. The van der Waals surface area contributed by atoms with Gasteiger partial charge in [0, 0.05) is 24.0 Å². The summed E-state index contributed by atoms with van der Waals surface area (Å²) in [6.07, 6.45) is 3.50. The number of aromatic nitrogens is 3. The van der Waals surface area contributed by atoms with E-state index in [2.05, 4.69) is 42.2 Å². The third kappa shape index (κ3) is 4.29. The van der Waals surface area contributed by atoms with Crippen LogP contribution in [0.25, 0.3) is 0 Å². The average Bonchev–Trinajstić information content (AvgIpc) is 2.85. The molecule has 0 spiro atoms. The van der Waals surface area contributed by atoms with E-state index in [9.17, 15) is 0 Å². The SMILES string of the molecule is CCCn1ncnc1CC(NCC)c1cc(C)cc(Cl)c1. The number of aryl methyl sites for hydroxylation is 2. The molecule has 1 N–H and O–H groups in total. The van der Waals surface area contributed by atoms with Crippen LogP contribution in [0, 0.1) is 6.92 Å². The zero-order chi connectivity index (χ0) is 15.2. The Labute approximate surface area is 131 Å². The number of hydrogen-bond donors (Lipinski definition) is 1. The van der Waals surface area contributed by atoms with Crippen molar-refractivity contribution in [2.45, 2.75) is 46.2 Å². The van der Waals surface area contributed by atoms with Crippen molar-refractivity contribution in [2.24, 2.45) is 0 Å². The van der Waals surface area contributed by atoms with Gasteiger partial charge in [-0.05, 0) is 43.1 Å². The molecule has 0 fully saturated rings. The minimum Gasteiger partial charge on any atom is -0.310 e. The molecule has 2 aromatic rings. The van der Waals surface area contributed by atoms with Crippen LogP contribution in [0.4, 0.5) is 0 Å². The molecule has 0 aliphatic carbocycles. The summed E-state index contributed by atoms with van der Waals surface area (Å²) in [6, 6.07) is 6.39. The topological polar surface area (TPSA) is 42.7 Å². The van der Waals surface area contributed by atoms with E-state index in [1.165, 1.54) is 11.1 Å². The van der Waals surface area contributed by atoms with Gasteiger partial charge in [0.05, 0.1) is 0 Å². The standard InChI is InChI=1S/C16H23ClN4/c1-4-6-21-16(19-11-20-21)10-15(18-5-2)13-7-12(3)8-14(17)9-13/h7-9,11,15,18H,4-6,10H2,1-3H3. The lowest BCUT2D eigenvalue weighted by Crippen LogP contribution is -2.24. The monoisotopic (exact) mass is 306 g/mol. The van der Waals surface area contributed by atoms with Crippen LogP contribution in [0.3, 0.4) is 0 Å². The summed E-state index contributed by atoms with van der Waals surface area (Å²) < 4.78 is 1.99. The van der Waals surface area contributed by atoms with Gasteiger partial charge < -0.3 is 5.32 Å². The molecular weight excluding hydrogens is 284 g/mol. The quantitative estimate of drug-likeness (QED) is 0.851. The second-order valence-electron chi connectivity index (χ2n) is 5.28. The van der Waals surface area contributed by atoms with Crippen molar-refractivity contribution in [3.63, 3.8) is 0 Å². The van der Waals surface area contributed by atoms with Gasteiger partial charge in [0.15, 0.2) is 0 Å². The maximum atomic E-state index is 6.20. The Morgan fingerprint density at radius 1 is 1.29 bits per heavy atom. The van der Waals surface area contributed by atoms with Crippen LogP contribution in [0.1, 0.15) is 43.3 Å². The number of halogens is 1. The zero-order valence-electron chi connectivity index (χ0n) is 12.9. The van der Waals surface area contributed by atoms with Crippen molar-refractivity contribution in [1.82, 2.24) is 20.1 Å².